The lowest BCUT2D eigenvalue weighted by Gasteiger charge is -2.21. The molecule has 1 aliphatic heterocycles. The third kappa shape index (κ3) is 1.51. The highest BCUT2D eigenvalue weighted by Crippen LogP contribution is 2.32. The first-order valence-corrected chi connectivity index (χ1v) is 5.46. The van der Waals surface area contributed by atoms with E-state index in [4.69, 9.17) is 0 Å². The molecule has 0 radical (unpaired) electrons. The Balaban J connectivity index is 2.01. The normalized spacial score (nSPS) is 18.2. The van der Waals surface area contributed by atoms with Crippen LogP contribution in [0.4, 0.5) is 5.69 Å². The average molecular weight is 229 g/mol. The molecule has 1 aliphatic rings. The van der Waals surface area contributed by atoms with Gasteiger partial charge in [0.05, 0.1) is 0 Å². The van der Waals surface area contributed by atoms with Crippen LogP contribution in [0.2, 0.25) is 0 Å². The number of aromatic nitrogens is 2. The molecule has 0 saturated carbocycles. The lowest BCUT2D eigenvalue weighted by molar-refractivity contribution is 0.0972. The Morgan fingerprint density at radius 2 is 2.29 bits per heavy atom. The van der Waals surface area contributed by atoms with Crippen molar-refractivity contribution in [3.8, 4) is 0 Å². The predicted molar refractivity (Wildman–Crippen MR) is 60.7 cm³/mol. The summed E-state index contributed by atoms with van der Waals surface area (Å²) in [6.07, 6.45) is 2.21. The van der Waals surface area contributed by atoms with Gasteiger partial charge in [0.2, 0.25) is 0 Å². The van der Waals surface area contributed by atoms with Crippen LogP contribution in [0.5, 0.6) is 0 Å². The van der Waals surface area contributed by atoms with Gasteiger partial charge in [0.15, 0.2) is 5.69 Å². The fourth-order valence-electron chi connectivity index (χ4n) is 2.26. The molecule has 0 fully saturated rings. The van der Waals surface area contributed by atoms with Crippen molar-refractivity contribution in [3.63, 3.8) is 0 Å². The predicted octanol–water partition coefficient (Wildman–Crippen LogP) is 1.66. The summed E-state index contributed by atoms with van der Waals surface area (Å²) in [6.45, 7) is 2.02. The molecule has 1 aromatic carbocycles. The van der Waals surface area contributed by atoms with Crippen molar-refractivity contribution in [3.05, 3.63) is 41.7 Å². The number of anilines is 1. The zero-order chi connectivity index (χ0) is 11.8. The third-order valence-corrected chi connectivity index (χ3v) is 3.01. The van der Waals surface area contributed by atoms with Crippen molar-refractivity contribution >= 4 is 11.6 Å². The van der Waals surface area contributed by atoms with E-state index in [0.717, 1.165) is 12.1 Å². The molecule has 0 spiro atoms. The minimum absolute atomic E-state index is 0.136. The van der Waals surface area contributed by atoms with Crippen molar-refractivity contribution in [2.24, 2.45) is 0 Å². The van der Waals surface area contributed by atoms with Crippen molar-refractivity contribution < 1.29 is 9.42 Å². The van der Waals surface area contributed by atoms with Gasteiger partial charge in [0.25, 0.3) is 5.91 Å². The van der Waals surface area contributed by atoms with Crippen LogP contribution in [0.25, 0.3) is 0 Å². The average Bonchev–Trinajstić information content (AvgIpc) is 2.94. The number of rotatable bonds is 1. The molecule has 0 saturated heterocycles. The maximum Gasteiger partial charge on any atom is 0.282 e. The molecular formula is C12H11N3O2. The zero-order valence-electron chi connectivity index (χ0n) is 9.33. The van der Waals surface area contributed by atoms with Gasteiger partial charge in [-0.25, -0.2) is 4.63 Å². The van der Waals surface area contributed by atoms with Crippen LogP contribution in [-0.2, 0) is 6.42 Å². The van der Waals surface area contributed by atoms with E-state index in [9.17, 15) is 4.79 Å². The summed E-state index contributed by atoms with van der Waals surface area (Å²) in [6, 6.07) is 8.04. The number of carbonyl (C=O) groups is 1. The smallest absolute Gasteiger partial charge is 0.282 e. The number of fused-ring (bicyclic) bond motifs is 1. The van der Waals surface area contributed by atoms with Gasteiger partial charge in [-0.05, 0) is 30.1 Å². The molecule has 0 aliphatic carbocycles. The molecule has 1 atom stereocenters. The number of para-hydroxylation sites is 1. The summed E-state index contributed by atoms with van der Waals surface area (Å²) in [5, 5.41) is 7.05. The van der Waals surface area contributed by atoms with Gasteiger partial charge in [-0.2, -0.15) is 0 Å². The van der Waals surface area contributed by atoms with E-state index in [2.05, 4.69) is 14.9 Å². The Morgan fingerprint density at radius 3 is 3.06 bits per heavy atom. The highest BCUT2D eigenvalue weighted by Gasteiger charge is 2.32. The molecule has 2 heterocycles. The molecule has 5 nitrogen and oxygen atoms in total. The molecule has 0 bridgehead atoms. The van der Waals surface area contributed by atoms with Gasteiger partial charge >= 0.3 is 0 Å². The van der Waals surface area contributed by atoms with Crippen LogP contribution in [0, 0.1) is 0 Å². The Labute approximate surface area is 98.0 Å². The van der Waals surface area contributed by atoms with E-state index in [0.29, 0.717) is 0 Å². The Morgan fingerprint density at radius 1 is 1.47 bits per heavy atom. The second kappa shape index (κ2) is 3.69. The summed E-state index contributed by atoms with van der Waals surface area (Å²) < 4.78 is 4.47. The topological polar surface area (TPSA) is 59.2 Å². The number of nitrogens with zero attached hydrogens (tertiary/aromatic N) is 3. The van der Waals surface area contributed by atoms with Gasteiger partial charge < -0.3 is 4.90 Å². The third-order valence-electron chi connectivity index (χ3n) is 3.01. The second-order valence-electron chi connectivity index (χ2n) is 4.15. The largest absolute Gasteiger partial charge is 0.303 e. The van der Waals surface area contributed by atoms with Gasteiger partial charge in [0.1, 0.15) is 6.20 Å². The van der Waals surface area contributed by atoms with Crippen LogP contribution in [-0.4, -0.2) is 22.3 Å². The van der Waals surface area contributed by atoms with Crippen LogP contribution in [0.3, 0.4) is 0 Å². The van der Waals surface area contributed by atoms with E-state index in [1.807, 2.05) is 31.2 Å². The minimum Gasteiger partial charge on any atom is -0.303 e. The number of benzene rings is 1. The summed E-state index contributed by atoms with van der Waals surface area (Å²) in [4.78, 5) is 14.0. The molecule has 2 aromatic rings. The van der Waals surface area contributed by atoms with Gasteiger partial charge in [-0.1, -0.05) is 23.4 Å². The molecule has 3 rings (SSSR count). The number of hydrogen-bond donors (Lipinski definition) is 0. The Hall–Kier alpha value is -2.17. The SMILES string of the molecule is CC1Cc2ccccc2N1C(=O)c1cnon1. The van der Waals surface area contributed by atoms with E-state index in [1.165, 1.54) is 11.8 Å². The standard InChI is InChI=1S/C12H11N3O2/c1-8-6-9-4-2-3-5-11(9)15(8)12(16)10-7-13-17-14-10/h2-5,7-8H,6H2,1H3. The monoisotopic (exact) mass is 229 g/mol. The number of amides is 1. The van der Waals surface area contributed by atoms with E-state index in [1.54, 1.807) is 4.90 Å². The summed E-state index contributed by atoms with van der Waals surface area (Å²) in [7, 11) is 0. The maximum atomic E-state index is 12.2. The molecule has 0 N–H and O–H groups in total. The molecule has 1 amide bonds. The Bertz CT molecular complexity index is 551. The molecular weight excluding hydrogens is 218 g/mol. The van der Waals surface area contributed by atoms with Gasteiger partial charge in [0, 0.05) is 11.7 Å². The van der Waals surface area contributed by atoms with Crippen LogP contribution in [0.15, 0.2) is 35.1 Å². The fourth-order valence-corrected chi connectivity index (χ4v) is 2.26. The van der Waals surface area contributed by atoms with Gasteiger partial charge in [-0.3, -0.25) is 4.79 Å². The number of carbonyl (C=O) groups excluding carboxylic acids is 1. The highest BCUT2D eigenvalue weighted by atomic mass is 16.6. The van der Waals surface area contributed by atoms with Crippen molar-refractivity contribution in [2.75, 3.05) is 4.90 Å². The molecule has 1 aromatic heterocycles. The van der Waals surface area contributed by atoms with Crippen LogP contribution in [0.1, 0.15) is 23.0 Å². The van der Waals surface area contributed by atoms with Crippen LogP contribution >= 0.6 is 0 Å². The lowest BCUT2D eigenvalue weighted by atomic mass is 10.1. The van der Waals surface area contributed by atoms with Crippen molar-refractivity contribution in [1.82, 2.24) is 10.3 Å². The van der Waals surface area contributed by atoms with E-state index in [-0.39, 0.29) is 17.6 Å². The number of hydrogen-bond acceptors (Lipinski definition) is 4. The Kier molecular flexibility index (Phi) is 2.18. The fraction of sp³-hybridized carbons (Fsp3) is 0.250. The first kappa shape index (κ1) is 10.0. The van der Waals surface area contributed by atoms with Crippen LogP contribution < -0.4 is 4.90 Å². The molecule has 86 valence electrons. The molecule has 1 unspecified atom stereocenters. The first-order chi connectivity index (χ1) is 8.27. The molecule has 5 heteroatoms. The lowest BCUT2D eigenvalue weighted by Crippen LogP contribution is -2.35. The van der Waals surface area contributed by atoms with Crippen molar-refractivity contribution in [2.45, 2.75) is 19.4 Å². The zero-order valence-corrected chi connectivity index (χ0v) is 9.33. The highest BCUT2D eigenvalue weighted by molar-refractivity contribution is 6.06. The van der Waals surface area contributed by atoms with E-state index < -0.39 is 0 Å². The van der Waals surface area contributed by atoms with Gasteiger partial charge in [-0.15, -0.1) is 0 Å². The first-order valence-electron chi connectivity index (χ1n) is 5.46. The maximum absolute atomic E-state index is 12.2. The van der Waals surface area contributed by atoms with E-state index >= 15 is 0 Å². The minimum atomic E-state index is -0.163. The second-order valence-corrected chi connectivity index (χ2v) is 4.15. The summed E-state index contributed by atoms with van der Waals surface area (Å²) >= 11 is 0. The summed E-state index contributed by atoms with van der Waals surface area (Å²) in [5.41, 5.74) is 2.38. The van der Waals surface area contributed by atoms with Crippen molar-refractivity contribution in [1.29, 1.82) is 0 Å². The summed E-state index contributed by atoms with van der Waals surface area (Å²) in [5.74, 6) is -0.163. The molecule has 17 heavy (non-hydrogen) atoms. The quantitative estimate of drug-likeness (QED) is 0.746.